The molecule has 5 nitrogen and oxygen atoms in total. The zero-order valence-electron chi connectivity index (χ0n) is 16.1. The number of benzene rings is 3. The first kappa shape index (κ1) is 20.4. The molecule has 1 atom stereocenters. The number of fused-ring (bicyclic) bond motifs is 1. The number of carbonyl (C=O) groups excluding carboxylic acids is 1. The molecule has 0 spiro atoms. The standard InChI is InChI=1S/C23H21ClN2O3S/c24-18-11-13-20(14-12-18)30(28,29)26-19-8-3-7-17(15-19)23(27)25-22-10-4-6-16-5-1-2-9-21(16)22/h1-3,5,7-9,11-15,22,26H,4,6,10H2,(H,25,27). The molecule has 7 heteroatoms. The van der Waals surface area contributed by atoms with Gasteiger partial charge < -0.3 is 5.32 Å². The Morgan fingerprint density at radius 2 is 1.73 bits per heavy atom. The number of halogens is 1. The van der Waals surface area contributed by atoms with E-state index < -0.39 is 10.0 Å². The molecule has 0 radical (unpaired) electrons. The van der Waals surface area contributed by atoms with E-state index in [9.17, 15) is 13.2 Å². The van der Waals surface area contributed by atoms with Gasteiger partial charge in [0.1, 0.15) is 0 Å². The molecule has 1 aliphatic rings. The van der Waals surface area contributed by atoms with Crippen LogP contribution in [-0.4, -0.2) is 14.3 Å². The van der Waals surface area contributed by atoms with Gasteiger partial charge in [0.25, 0.3) is 15.9 Å². The van der Waals surface area contributed by atoms with Gasteiger partial charge in [0.05, 0.1) is 10.9 Å². The van der Waals surface area contributed by atoms with Crippen LogP contribution in [-0.2, 0) is 16.4 Å². The van der Waals surface area contributed by atoms with Crippen LogP contribution in [0.15, 0.2) is 77.7 Å². The number of rotatable bonds is 5. The third-order valence-electron chi connectivity index (χ3n) is 5.18. The van der Waals surface area contributed by atoms with Gasteiger partial charge in [-0.3, -0.25) is 9.52 Å². The van der Waals surface area contributed by atoms with Crippen LogP contribution in [0.25, 0.3) is 0 Å². The maximum absolute atomic E-state index is 12.8. The summed E-state index contributed by atoms with van der Waals surface area (Å²) in [6.45, 7) is 0. The smallest absolute Gasteiger partial charge is 0.261 e. The highest BCUT2D eigenvalue weighted by molar-refractivity contribution is 7.92. The van der Waals surface area contributed by atoms with E-state index in [0.29, 0.717) is 16.3 Å². The topological polar surface area (TPSA) is 75.3 Å². The maximum Gasteiger partial charge on any atom is 0.261 e. The minimum Gasteiger partial charge on any atom is -0.345 e. The van der Waals surface area contributed by atoms with E-state index in [2.05, 4.69) is 22.2 Å². The van der Waals surface area contributed by atoms with E-state index in [0.717, 1.165) is 24.8 Å². The summed E-state index contributed by atoms with van der Waals surface area (Å²) in [5.41, 5.74) is 3.13. The van der Waals surface area contributed by atoms with Crippen LogP contribution >= 0.6 is 11.6 Å². The summed E-state index contributed by atoms with van der Waals surface area (Å²) < 4.78 is 27.7. The number of aryl methyl sites for hydroxylation is 1. The Kier molecular flexibility index (Phi) is 5.79. The summed E-state index contributed by atoms with van der Waals surface area (Å²) in [6, 6.07) is 20.5. The van der Waals surface area contributed by atoms with Crippen LogP contribution in [0.3, 0.4) is 0 Å². The van der Waals surface area contributed by atoms with Gasteiger partial charge in [-0.1, -0.05) is 41.9 Å². The lowest BCUT2D eigenvalue weighted by Gasteiger charge is -2.26. The maximum atomic E-state index is 12.8. The number of anilines is 1. The van der Waals surface area contributed by atoms with E-state index in [1.165, 1.54) is 35.9 Å². The van der Waals surface area contributed by atoms with Gasteiger partial charge in [-0.25, -0.2) is 8.42 Å². The van der Waals surface area contributed by atoms with Gasteiger partial charge in [-0.05, 0) is 72.9 Å². The predicted molar refractivity (Wildman–Crippen MR) is 118 cm³/mol. The molecule has 2 N–H and O–H groups in total. The van der Waals surface area contributed by atoms with Crippen molar-refractivity contribution < 1.29 is 13.2 Å². The second-order valence-corrected chi connectivity index (χ2v) is 9.38. The van der Waals surface area contributed by atoms with Gasteiger partial charge in [0, 0.05) is 16.3 Å². The monoisotopic (exact) mass is 440 g/mol. The number of nitrogens with one attached hydrogen (secondary N) is 2. The number of hydrogen-bond acceptors (Lipinski definition) is 3. The van der Waals surface area contributed by atoms with Crippen molar-refractivity contribution in [1.82, 2.24) is 5.32 Å². The van der Waals surface area contributed by atoms with Gasteiger partial charge in [0.2, 0.25) is 0 Å². The molecular formula is C23H21ClN2O3S. The first-order valence-electron chi connectivity index (χ1n) is 9.69. The molecule has 0 heterocycles. The normalized spacial score (nSPS) is 15.8. The fourth-order valence-electron chi connectivity index (χ4n) is 3.70. The van der Waals surface area contributed by atoms with Crippen molar-refractivity contribution in [3.8, 4) is 0 Å². The number of amides is 1. The largest absolute Gasteiger partial charge is 0.345 e. The summed E-state index contributed by atoms with van der Waals surface area (Å²) in [4.78, 5) is 12.9. The van der Waals surface area contributed by atoms with E-state index in [1.807, 2.05) is 12.1 Å². The van der Waals surface area contributed by atoms with Crippen molar-refractivity contribution >= 4 is 33.2 Å². The van der Waals surface area contributed by atoms with Crippen molar-refractivity contribution in [3.63, 3.8) is 0 Å². The van der Waals surface area contributed by atoms with Crippen LogP contribution < -0.4 is 10.0 Å². The van der Waals surface area contributed by atoms with E-state index >= 15 is 0 Å². The molecule has 1 unspecified atom stereocenters. The Morgan fingerprint density at radius 1 is 0.967 bits per heavy atom. The van der Waals surface area contributed by atoms with Crippen LogP contribution in [0.4, 0.5) is 5.69 Å². The lowest BCUT2D eigenvalue weighted by molar-refractivity contribution is 0.0932. The van der Waals surface area contributed by atoms with Crippen LogP contribution in [0.1, 0.15) is 40.4 Å². The fourth-order valence-corrected chi connectivity index (χ4v) is 4.87. The SMILES string of the molecule is O=C(NC1CCCc2ccccc21)c1cccc(NS(=O)(=O)c2ccc(Cl)cc2)c1. The second kappa shape index (κ2) is 8.50. The van der Waals surface area contributed by atoms with Gasteiger partial charge in [-0.15, -0.1) is 0 Å². The van der Waals surface area contributed by atoms with Crippen molar-refractivity contribution in [2.45, 2.75) is 30.2 Å². The Bertz CT molecular complexity index is 1180. The molecule has 0 saturated carbocycles. The Hall–Kier alpha value is -2.83. The number of hydrogen-bond donors (Lipinski definition) is 2. The molecular weight excluding hydrogens is 420 g/mol. The summed E-state index contributed by atoms with van der Waals surface area (Å²) >= 11 is 5.83. The van der Waals surface area contributed by atoms with Crippen LogP contribution in [0, 0.1) is 0 Å². The molecule has 0 aromatic heterocycles. The van der Waals surface area contributed by atoms with Crippen LogP contribution in [0.2, 0.25) is 5.02 Å². The molecule has 0 aliphatic heterocycles. The second-order valence-electron chi connectivity index (χ2n) is 7.26. The summed E-state index contributed by atoms with van der Waals surface area (Å²) in [7, 11) is -3.78. The van der Waals surface area contributed by atoms with Gasteiger partial charge >= 0.3 is 0 Å². The molecule has 3 aromatic rings. The van der Waals surface area contributed by atoms with Crippen LogP contribution in [0.5, 0.6) is 0 Å². The molecule has 1 aliphatic carbocycles. The van der Waals surface area contributed by atoms with Crippen molar-refractivity contribution in [3.05, 3.63) is 94.5 Å². The number of sulfonamides is 1. The average molecular weight is 441 g/mol. The van der Waals surface area contributed by atoms with Crippen molar-refractivity contribution in [2.24, 2.45) is 0 Å². The van der Waals surface area contributed by atoms with E-state index in [-0.39, 0.29) is 16.8 Å². The zero-order valence-corrected chi connectivity index (χ0v) is 17.7. The average Bonchev–Trinajstić information content (AvgIpc) is 2.74. The quantitative estimate of drug-likeness (QED) is 0.589. The Balaban J connectivity index is 1.51. The van der Waals surface area contributed by atoms with Crippen molar-refractivity contribution in [1.29, 1.82) is 0 Å². The lowest BCUT2D eigenvalue weighted by atomic mass is 9.87. The predicted octanol–water partition coefficient (Wildman–Crippen LogP) is 4.95. The zero-order chi connectivity index (χ0) is 21.1. The molecule has 1 amide bonds. The molecule has 0 bridgehead atoms. The minimum atomic E-state index is -3.78. The summed E-state index contributed by atoms with van der Waals surface area (Å²) in [5, 5.41) is 3.54. The summed E-state index contributed by atoms with van der Waals surface area (Å²) in [6.07, 6.45) is 2.92. The first-order valence-corrected chi connectivity index (χ1v) is 11.6. The molecule has 0 fully saturated rings. The van der Waals surface area contributed by atoms with Gasteiger partial charge in [0.15, 0.2) is 0 Å². The third kappa shape index (κ3) is 4.50. The highest BCUT2D eigenvalue weighted by Gasteiger charge is 2.22. The van der Waals surface area contributed by atoms with E-state index in [4.69, 9.17) is 11.6 Å². The summed E-state index contributed by atoms with van der Waals surface area (Å²) in [5.74, 6) is -0.232. The molecule has 30 heavy (non-hydrogen) atoms. The fraction of sp³-hybridized carbons (Fsp3) is 0.174. The Labute approximate surface area is 181 Å². The molecule has 4 rings (SSSR count). The Morgan fingerprint density at radius 3 is 2.53 bits per heavy atom. The first-order chi connectivity index (χ1) is 14.4. The van der Waals surface area contributed by atoms with E-state index in [1.54, 1.807) is 18.2 Å². The third-order valence-corrected chi connectivity index (χ3v) is 6.82. The highest BCUT2D eigenvalue weighted by Crippen LogP contribution is 2.30. The van der Waals surface area contributed by atoms with Crippen molar-refractivity contribution in [2.75, 3.05) is 4.72 Å². The highest BCUT2D eigenvalue weighted by atomic mass is 35.5. The number of carbonyl (C=O) groups is 1. The van der Waals surface area contributed by atoms with Gasteiger partial charge in [-0.2, -0.15) is 0 Å². The molecule has 0 saturated heterocycles. The minimum absolute atomic E-state index is 0.0446. The lowest BCUT2D eigenvalue weighted by Crippen LogP contribution is -2.31. The molecule has 3 aromatic carbocycles. The molecule has 154 valence electrons.